The third kappa shape index (κ3) is 3.82. The molecule has 18 heavy (non-hydrogen) atoms. The quantitative estimate of drug-likeness (QED) is 0.837. The summed E-state index contributed by atoms with van der Waals surface area (Å²) in [7, 11) is 2.05. The monoisotopic (exact) mass is 315 g/mol. The van der Waals surface area contributed by atoms with Crippen LogP contribution in [0.4, 0.5) is 0 Å². The van der Waals surface area contributed by atoms with Crippen molar-refractivity contribution in [3.63, 3.8) is 0 Å². The summed E-state index contributed by atoms with van der Waals surface area (Å²) in [6.07, 6.45) is 2.06. The van der Waals surface area contributed by atoms with E-state index in [9.17, 15) is 0 Å². The molecule has 0 aromatic carbocycles. The maximum atomic E-state index is 4.57. The summed E-state index contributed by atoms with van der Waals surface area (Å²) in [6, 6.07) is 0. The van der Waals surface area contributed by atoms with E-state index in [1.165, 1.54) is 15.9 Å². The van der Waals surface area contributed by atoms with Crippen molar-refractivity contribution in [1.82, 2.24) is 15.1 Å². The van der Waals surface area contributed by atoms with E-state index in [-0.39, 0.29) is 0 Å². The molecule has 1 aromatic heterocycles. The molecular weight excluding hydrogens is 290 g/mol. The minimum Gasteiger partial charge on any atom is -0.317 e. The highest BCUT2D eigenvalue weighted by molar-refractivity contribution is 9.10. The van der Waals surface area contributed by atoms with Crippen molar-refractivity contribution >= 4 is 15.9 Å². The van der Waals surface area contributed by atoms with E-state index in [4.69, 9.17) is 0 Å². The summed E-state index contributed by atoms with van der Waals surface area (Å²) >= 11 is 3.70. The average Bonchev–Trinajstić information content (AvgIpc) is 2.60. The van der Waals surface area contributed by atoms with E-state index in [2.05, 4.69) is 54.0 Å². The van der Waals surface area contributed by atoms with Gasteiger partial charge in [0.1, 0.15) is 0 Å². The fourth-order valence-corrected chi connectivity index (χ4v) is 2.94. The Balaban J connectivity index is 2.83. The normalized spacial score (nSPS) is 13.3. The van der Waals surface area contributed by atoms with Crippen LogP contribution in [0.1, 0.15) is 39.1 Å². The summed E-state index contributed by atoms with van der Waals surface area (Å²) in [6.45, 7) is 11.0. The summed E-state index contributed by atoms with van der Waals surface area (Å²) < 4.78 is 3.24. The van der Waals surface area contributed by atoms with Crippen molar-refractivity contribution in [2.75, 3.05) is 13.1 Å². The maximum absolute atomic E-state index is 4.57. The predicted molar refractivity (Wildman–Crippen MR) is 80.9 cm³/mol. The number of nitrogens with zero attached hydrogens (tertiary/aromatic N) is 2. The molecule has 4 heteroatoms. The lowest BCUT2D eigenvalue weighted by atomic mass is 9.91. The van der Waals surface area contributed by atoms with Gasteiger partial charge in [0.05, 0.1) is 15.9 Å². The van der Waals surface area contributed by atoms with Gasteiger partial charge in [-0.2, -0.15) is 5.10 Å². The zero-order valence-electron chi connectivity index (χ0n) is 12.3. The van der Waals surface area contributed by atoms with Crippen molar-refractivity contribution in [3.05, 3.63) is 15.9 Å². The summed E-state index contributed by atoms with van der Waals surface area (Å²) in [4.78, 5) is 0. The van der Waals surface area contributed by atoms with Crippen LogP contribution in [0.25, 0.3) is 0 Å². The van der Waals surface area contributed by atoms with Gasteiger partial charge < -0.3 is 5.32 Å². The minimum absolute atomic E-state index is 0.654. The van der Waals surface area contributed by atoms with Gasteiger partial charge in [-0.25, -0.2) is 0 Å². The van der Waals surface area contributed by atoms with E-state index in [1.54, 1.807) is 0 Å². The van der Waals surface area contributed by atoms with Gasteiger partial charge >= 0.3 is 0 Å². The molecule has 0 saturated heterocycles. The smallest absolute Gasteiger partial charge is 0.0766 e. The molecule has 0 radical (unpaired) electrons. The highest BCUT2D eigenvalue weighted by Crippen LogP contribution is 2.26. The highest BCUT2D eigenvalue weighted by atomic mass is 79.9. The second-order valence-electron chi connectivity index (χ2n) is 5.20. The molecule has 104 valence electrons. The van der Waals surface area contributed by atoms with Crippen LogP contribution in [0, 0.1) is 11.8 Å². The van der Waals surface area contributed by atoms with E-state index in [1.807, 2.05) is 11.7 Å². The van der Waals surface area contributed by atoms with Crippen molar-refractivity contribution in [1.29, 1.82) is 0 Å². The van der Waals surface area contributed by atoms with Gasteiger partial charge in [0.25, 0.3) is 0 Å². The lowest BCUT2D eigenvalue weighted by molar-refractivity contribution is 0.356. The lowest BCUT2D eigenvalue weighted by Gasteiger charge is -2.21. The van der Waals surface area contributed by atoms with Gasteiger partial charge in [-0.1, -0.05) is 27.7 Å². The first-order valence-corrected chi connectivity index (χ1v) is 7.71. The Bertz CT molecular complexity index is 371. The molecule has 1 N–H and O–H groups in total. The Labute approximate surface area is 119 Å². The molecule has 0 spiro atoms. The van der Waals surface area contributed by atoms with Crippen LogP contribution in [0.3, 0.4) is 0 Å². The number of hydrogen-bond donors (Lipinski definition) is 1. The molecular formula is C14H26BrN3. The number of hydrogen-bond acceptors (Lipinski definition) is 2. The van der Waals surface area contributed by atoms with E-state index in [0.717, 1.165) is 25.9 Å². The summed E-state index contributed by atoms with van der Waals surface area (Å²) in [5.41, 5.74) is 2.49. The van der Waals surface area contributed by atoms with Crippen molar-refractivity contribution in [3.8, 4) is 0 Å². The Morgan fingerprint density at radius 2 is 2.00 bits per heavy atom. The van der Waals surface area contributed by atoms with E-state index < -0.39 is 0 Å². The summed E-state index contributed by atoms with van der Waals surface area (Å²) in [5.74, 6) is 1.33. The van der Waals surface area contributed by atoms with Crippen LogP contribution in [0.15, 0.2) is 4.47 Å². The maximum Gasteiger partial charge on any atom is 0.0766 e. The third-order valence-corrected chi connectivity index (χ3v) is 4.47. The summed E-state index contributed by atoms with van der Waals surface area (Å²) in [5, 5.41) is 8.04. The van der Waals surface area contributed by atoms with E-state index >= 15 is 0 Å². The third-order valence-electron chi connectivity index (χ3n) is 3.56. The van der Waals surface area contributed by atoms with Crippen LogP contribution < -0.4 is 5.32 Å². The largest absolute Gasteiger partial charge is 0.317 e. The molecule has 0 aliphatic heterocycles. The number of halogens is 1. The second kappa shape index (κ2) is 7.29. The van der Waals surface area contributed by atoms with Gasteiger partial charge in [-0.05, 0) is 53.7 Å². The van der Waals surface area contributed by atoms with Crippen molar-refractivity contribution in [2.24, 2.45) is 18.9 Å². The fraction of sp³-hybridized carbons (Fsp3) is 0.786. The first kappa shape index (κ1) is 15.7. The van der Waals surface area contributed by atoms with Gasteiger partial charge in [0.15, 0.2) is 0 Å². The Morgan fingerprint density at radius 1 is 1.33 bits per heavy atom. The van der Waals surface area contributed by atoms with Crippen LogP contribution in [0.5, 0.6) is 0 Å². The van der Waals surface area contributed by atoms with Gasteiger partial charge in [0, 0.05) is 7.05 Å². The second-order valence-corrected chi connectivity index (χ2v) is 5.99. The zero-order valence-corrected chi connectivity index (χ0v) is 13.8. The van der Waals surface area contributed by atoms with Crippen LogP contribution >= 0.6 is 15.9 Å². The SMILES string of the molecule is CCNCC(Cc1c(Br)c(CC)nn1C)C(C)C. The van der Waals surface area contributed by atoms with E-state index in [0.29, 0.717) is 11.8 Å². The molecule has 0 aliphatic rings. The molecule has 0 amide bonds. The van der Waals surface area contributed by atoms with Crippen LogP contribution in [0.2, 0.25) is 0 Å². The molecule has 3 nitrogen and oxygen atoms in total. The van der Waals surface area contributed by atoms with Crippen LogP contribution in [-0.2, 0) is 19.9 Å². The first-order valence-electron chi connectivity index (χ1n) is 6.92. The van der Waals surface area contributed by atoms with Crippen molar-refractivity contribution < 1.29 is 0 Å². The molecule has 1 atom stereocenters. The number of aryl methyl sites for hydroxylation is 2. The molecule has 1 aromatic rings. The average molecular weight is 316 g/mol. The number of aromatic nitrogens is 2. The van der Waals surface area contributed by atoms with Crippen molar-refractivity contribution in [2.45, 2.75) is 40.5 Å². The lowest BCUT2D eigenvalue weighted by Crippen LogP contribution is -2.28. The predicted octanol–water partition coefficient (Wildman–Crippen LogP) is 3.17. The van der Waals surface area contributed by atoms with Crippen LogP contribution in [-0.4, -0.2) is 22.9 Å². The molecule has 0 aliphatic carbocycles. The first-order chi connectivity index (χ1) is 8.51. The fourth-order valence-electron chi connectivity index (χ4n) is 2.16. The minimum atomic E-state index is 0.654. The Morgan fingerprint density at radius 3 is 2.44 bits per heavy atom. The molecule has 1 unspecified atom stereocenters. The number of nitrogens with one attached hydrogen (secondary N) is 1. The molecule has 1 rings (SSSR count). The number of rotatable bonds is 7. The zero-order chi connectivity index (χ0) is 13.7. The standard InChI is InChI=1S/C14H26BrN3/c1-6-12-14(15)13(18(5)17-12)8-11(10(3)4)9-16-7-2/h10-11,16H,6-9H2,1-5H3. The van der Waals surface area contributed by atoms with Gasteiger partial charge in [0.2, 0.25) is 0 Å². The van der Waals surface area contributed by atoms with Gasteiger partial charge in [-0.3, -0.25) is 4.68 Å². The molecule has 0 saturated carbocycles. The Hall–Kier alpha value is -0.350. The topological polar surface area (TPSA) is 29.9 Å². The highest BCUT2D eigenvalue weighted by Gasteiger charge is 2.19. The van der Waals surface area contributed by atoms with Gasteiger partial charge in [-0.15, -0.1) is 0 Å². The molecule has 1 heterocycles. The molecule has 0 bridgehead atoms. The molecule has 0 fully saturated rings. The Kier molecular flexibility index (Phi) is 6.36.